The Hall–Kier alpha value is -1.61. The van der Waals surface area contributed by atoms with Crippen molar-refractivity contribution in [3.05, 3.63) is 23.8 Å². The van der Waals surface area contributed by atoms with E-state index in [2.05, 4.69) is 5.32 Å². The number of nitrogens with zero attached hydrogens (tertiary/aromatic N) is 1. The molecule has 1 aromatic rings. The van der Waals surface area contributed by atoms with Crippen LogP contribution in [-0.2, 0) is 14.8 Å². The van der Waals surface area contributed by atoms with Crippen molar-refractivity contribution in [1.29, 1.82) is 0 Å². The molecule has 1 fully saturated rings. The summed E-state index contributed by atoms with van der Waals surface area (Å²) in [4.78, 5) is 12.6. The standard InChI is InChI=1S/C19H27F3N2O3S/c1-4-24(5-2)28(26,27)17-12-16(10-9-13(17)3)23-18(25)14-7-6-8-15(11-14)19(20,21)22/h9-10,12,14-15H,4-8,11H2,1-3H3,(H,23,25). The molecule has 0 radical (unpaired) electrons. The van der Waals surface area contributed by atoms with Crippen LogP contribution < -0.4 is 5.32 Å². The third-order valence-electron chi connectivity index (χ3n) is 5.29. The van der Waals surface area contributed by atoms with Gasteiger partial charge in [0.2, 0.25) is 15.9 Å². The number of alkyl halides is 3. The molecule has 1 aliphatic rings. The summed E-state index contributed by atoms with van der Waals surface area (Å²) in [6, 6.07) is 4.54. The van der Waals surface area contributed by atoms with Gasteiger partial charge in [-0.1, -0.05) is 26.3 Å². The van der Waals surface area contributed by atoms with Gasteiger partial charge < -0.3 is 5.32 Å². The van der Waals surface area contributed by atoms with Crippen LogP contribution in [0.15, 0.2) is 23.1 Å². The lowest BCUT2D eigenvalue weighted by atomic mass is 9.80. The Morgan fingerprint density at radius 2 is 1.86 bits per heavy atom. The molecular formula is C19H27F3N2O3S. The average molecular weight is 420 g/mol. The van der Waals surface area contributed by atoms with Gasteiger partial charge in [-0.15, -0.1) is 0 Å². The zero-order valence-corrected chi connectivity index (χ0v) is 17.2. The van der Waals surface area contributed by atoms with Gasteiger partial charge in [-0.3, -0.25) is 4.79 Å². The molecule has 28 heavy (non-hydrogen) atoms. The summed E-state index contributed by atoms with van der Waals surface area (Å²) in [5.41, 5.74) is 0.815. The SMILES string of the molecule is CCN(CC)S(=O)(=O)c1cc(NC(=O)C2CCCC(C(F)(F)F)C2)ccc1C. The Labute approximate surface area is 164 Å². The summed E-state index contributed by atoms with van der Waals surface area (Å²) in [7, 11) is -3.71. The van der Waals surface area contributed by atoms with Crippen molar-refractivity contribution < 1.29 is 26.4 Å². The van der Waals surface area contributed by atoms with Gasteiger partial charge >= 0.3 is 6.18 Å². The number of carbonyl (C=O) groups excluding carboxylic acids is 1. The number of halogens is 3. The number of benzene rings is 1. The Bertz CT molecular complexity index is 805. The van der Waals surface area contributed by atoms with E-state index in [1.54, 1.807) is 32.9 Å². The minimum Gasteiger partial charge on any atom is -0.326 e. The van der Waals surface area contributed by atoms with E-state index in [1.165, 1.54) is 10.4 Å². The Kier molecular flexibility index (Phi) is 7.14. The zero-order valence-electron chi connectivity index (χ0n) is 16.3. The van der Waals surface area contributed by atoms with E-state index < -0.39 is 33.9 Å². The predicted molar refractivity (Wildman–Crippen MR) is 101 cm³/mol. The molecule has 2 atom stereocenters. The molecule has 0 bridgehead atoms. The Morgan fingerprint density at radius 1 is 1.21 bits per heavy atom. The predicted octanol–water partition coefficient (Wildman–Crippen LogP) is 4.33. The van der Waals surface area contributed by atoms with E-state index in [1.807, 2.05) is 0 Å². The van der Waals surface area contributed by atoms with E-state index >= 15 is 0 Å². The molecule has 1 aromatic carbocycles. The molecule has 5 nitrogen and oxygen atoms in total. The molecule has 0 aliphatic heterocycles. The number of hydrogen-bond acceptors (Lipinski definition) is 3. The highest BCUT2D eigenvalue weighted by molar-refractivity contribution is 7.89. The molecule has 0 aromatic heterocycles. The molecule has 0 saturated heterocycles. The maximum absolute atomic E-state index is 13.0. The van der Waals surface area contributed by atoms with E-state index in [4.69, 9.17) is 0 Å². The van der Waals surface area contributed by atoms with Crippen LogP contribution in [-0.4, -0.2) is 37.9 Å². The number of amides is 1. The van der Waals surface area contributed by atoms with Gasteiger partial charge in [0.25, 0.3) is 0 Å². The average Bonchev–Trinajstić information content (AvgIpc) is 2.63. The van der Waals surface area contributed by atoms with E-state index in [0.29, 0.717) is 31.5 Å². The van der Waals surface area contributed by atoms with Crippen molar-refractivity contribution in [3.8, 4) is 0 Å². The number of nitrogens with one attached hydrogen (secondary N) is 1. The highest BCUT2D eigenvalue weighted by atomic mass is 32.2. The van der Waals surface area contributed by atoms with Gasteiger partial charge in [0.05, 0.1) is 10.8 Å². The van der Waals surface area contributed by atoms with Crippen molar-refractivity contribution in [2.24, 2.45) is 11.8 Å². The first-order valence-electron chi connectivity index (χ1n) is 9.49. The second kappa shape index (κ2) is 8.82. The van der Waals surface area contributed by atoms with Crippen molar-refractivity contribution in [2.45, 2.75) is 57.5 Å². The van der Waals surface area contributed by atoms with Crippen molar-refractivity contribution in [1.82, 2.24) is 4.31 Å². The van der Waals surface area contributed by atoms with Crippen molar-refractivity contribution >= 4 is 21.6 Å². The van der Waals surface area contributed by atoms with Crippen LogP contribution in [0.3, 0.4) is 0 Å². The minimum absolute atomic E-state index is 0.0457. The quantitative estimate of drug-likeness (QED) is 0.745. The fourth-order valence-electron chi connectivity index (χ4n) is 3.63. The third-order valence-corrected chi connectivity index (χ3v) is 7.48. The van der Waals surface area contributed by atoms with E-state index in [-0.39, 0.29) is 23.4 Å². The number of aryl methyl sites for hydroxylation is 1. The first kappa shape index (κ1) is 22.7. The number of hydrogen-bond donors (Lipinski definition) is 1. The van der Waals surface area contributed by atoms with Crippen LogP contribution in [0.5, 0.6) is 0 Å². The normalized spacial score (nSPS) is 21.0. The molecule has 1 N–H and O–H groups in total. The number of carbonyl (C=O) groups is 1. The minimum atomic E-state index is -4.30. The van der Waals surface area contributed by atoms with Crippen LogP contribution in [0, 0.1) is 18.8 Å². The van der Waals surface area contributed by atoms with Gasteiger partial charge in [0.1, 0.15) is 0 Å². The monoisotopic (exact) mass is 420 g/mol. The molecule has 158 valence electrons. The first-order valence-corrected chi connectivity index (χ1v) is 10.9. The second-order valence-electron chi connectivity index (χ2n) is 7.16. The second-order valence-corrected chi connectivity index (χ2v) is 9.07. The zero-order chi connectivity index (χ0) is 21.1. The topological polar surface area (TPSA) is 66.5 Å². The highest BCUT2D eigenvalue weighted by Gasteiger charge is 2.43. The van der Waals surface area contributed by atoms with Crippen LogP contribution in [0.4, 0.5) is 18.9 Å². The lowest BCUT2D eigenvalue weighted by molar-refractivity contribution is -0.185. The van der Waals surface area contributed by atoms with Crippen molar-refractivity contribution in [3.63, 3.8) is 0 Å². The largest absolute Gasteiger partial charge is 0.391 e. The van der Waals surface area contributed by atoms with Gasteiger partial charge in [-0.05, 0) is 43.9 Å². The summed E-state index contributed by atoms with van der Waals surface area (Å²) in [5.74, 6) is -2.69. The molecule has 0 spiro atoms. The molecule has 1 saturated carbocycles. The first-order chi connectivity index (χ1) is 13.0. The van der Waals surface area contributed by atoms with Gasteiger partial charge in [0.15, 0.2) is 0 Å². The maximum Gasteiger partial charge on any atom is 0.391 e. The lowest BCUT2D eigenvalue weighted by Gasteiger charge is -2.29. The molecule has 1 aliphatic carbocycles. The van der Waals surface area contributed by atoms with Gasteiger partial charge in [-0.2, -0.15) is 17.5 Å². The molecule has 9 heteroatoms. The molecular weight excluding hydrogens is 393 g/mol. The fraction of sp³-hybridized carbons (Fsp3) is 0.632. The van der Waals surface area contributed by atoms with Crippen molar-refractivity contribution in [2.75, 3.05) is 18.4 Å². The molecule has 0 heterocycles. The van der Waals surface area contributed by atoms with E-state index in [0.717, 1.165) is 0 Å². The molecule has 1 amide bonds. The van der Waals surface area contributed by atoms with Crippen LogP contribution in [0.25, 0.3) is 0 Å². The summed E-state index contributed by atoms with van der Waals surface area (Å²) in [6.45, 7) is 5.77. The summed E-state index contributed by atoms with van der Waals surface area (Å²) in [5, 5.41) is 2.61. The van der Waals surface area contributed by atoms with E-state index in [9.17, 15) is 26.4 Å². The fourth-order valence-corrected chi connectivity index (χ4v) is 5.34. The number of rotatable bonds is 6. The third kappa shape index (κ3) is 5.05. The molecule has 2 unspecified atom stereocenters. The van der Waals surface area contributed by atoms with Crippen LogP contribution in [0.2, 0.25) is 0 Å². The Morgan fingerprint density at radius 3 is 2.43 bits per heavy atom. The lowest BCUT2D eigenvalue weighted by Crippen LogP contribution is -2.34. The summed E-state index contributed by atoms with van der Waals surface area (Å²) in [6.07, 6.45) is -3.74. The summed E-state index contributed by atoms with van der Waals surface area (Å²) < 4.78 is 65.8. The van der Waals surface area contributed by atoms with Crippen LogP contribution in [0.1, 0.15) is 45.1 Å². The van der Waals surface area contributed by atoms with Gasteiger partial charge in [-0.25, -0.2) is 8.42 Å². The molecule has 2 rings (SSSR count). The van der Waals surface area contributed by atoms with Gasteiger partial charge in [0, 0.05) is 24.7 Å². The number of sulfonamides is 1. The number of anilines is 1. The van der Waals surface area contributed by atoms with Crippen LogP contribution >= 0.6 is 0 Å². The smallest absolute Gasteiger partial charge is 0.326 e. The maximum atomic E-state index is 13.0. The highest BCUT2D eigenvalue weighted by Crippen LogP contribution is 2.40. The summed E-state index contributed by atoms with van der Waals surface area (Å²) >= 11 is 0. The Balaban J connectivity index is 2.20.